The zero-order chi connectivity index (χ0) is 14.3. The number of hydrogen-bond acceptors (Lipinski definition) is 2. The highest BCUT2D eigenvalue weighted by molar-refractivity contribution is 5.95. The number of piperidine rings is 1. The molecule has 2 heterocycles. The number of rotatable bonds is 1. The molecule has 3 nitrogen and oxygen atoms in total. The second kappa shape index (κ2) is 5.04. The van der Waals surface area contributed by atoms with Crippen LogP contribution in [0.4, 0.5) is 5.69 Å². The zero-order valence-electron chi connectivity index (χ0n) is 12.7. The van der Waals surface area contributed by atoms with Gasteiger partial charge in [0.25, 0.3) is 5.91 Å². The van der Waals surface area contributed by atoms with Gasteiger partial charge in [-0.15, -0.1) is 0 Å². The molecule has 2 fully saturated rings. The van der Waals surface area contributed by atoms with E-state index in [-0.39, 0.29) is 5.91 Å². The molecule has 1 aromatic rings. The molecule has 0 aromatic heterocycles. The Morgan fingerprint density at radius 3 is 2.62 bits per heavy atom. The summed E-state index contributed by atoms with van der Waals surface area (Å²) in [4.78, 5) is 14.8. The van der Waals surface area contributed by atoms with Gasteiger partial charge in [-0.1, -0.05) is 18.9 Å². The Morgan fingerprint density at radius 1 is 1.10 bits per heavy atom. The summed E-state index contributed by atoms with van der Waals surface area (Å²) in [5.74, 6) is 0.222. The average molecular weight is 284 g/mol. The molecule has 0 atom stereocenters. The molecular weight excluding hydrogens is 260 g/mol. The monoisotopic (exact) mass is 284 g/mol. The standard InChI is InChI=1S/C18H24N2O/c21-17(15-4-3-14-5-10-19-16(14)13-15)20-11-8-18(9-12-20)6-1-2-7-18/h3-4,13,19H,1-2,5-12H2. The highest BCUT2D eigenvalue weighted by atomic mass is 16.2. The number of likely N-dealkylation sites (tertiary alicyclic amines) is 1. The van der Waals surface area contributed by atoms with Crippen molar-refractivity contribution in [2.45, 2.75) is 44.9 Å². The van der Waals surface area contributed by atoms with E-state index in [0.29, 0.717) is 5.41 Å². The summed E-state index contributed by atoms with van der Waals surface area (Å²) in [5, 5.41) is 3.37. The number of hydrogen-bond donors (Lipinski definition) is 1. The molecule has 3 heteroatoms. The maximum absolute atomic E-state index is 12.7. The Bertz CT molecular complexity index is 550. The molecular formula is C18H24N2O. The van der Waals surface area contributed by atoms with Crippen molar-refractivity contribution >= 4 is 11.6 Å². The van der Waals surface area contributed by atoms with Crippen molar-refractivity contribution in [3.63, 3.8) is 0 Å². The number of carbonyl (C=O) groups excluding carboxylic acids is 1. The molecule has 0 bridgehead atoms. The van der Waals surface area contributed by atoms with E-state index in [0.717, 1.165) is 37.3 Å². The minimum absolute atomic E-state index is 0.222. The van der Waals surface area contributed by atoms with Crippen molar-refractivity contribution in [1.29, 1.82) is 0 Å². The third kappa shape index (κ3) is 2.33. The van der Waals surface area contributed by atoms with E-state index < -0.39 is 0 Å². The van der Waals surface area contributed by atoms with Gasteiger partial charge in [-0.25, -0.2) is 0 Å². The van der Waals surface area contributed by atoms with Gasteiger partial charge >= 0.3 is 0 Å². The summed E-state index contributed by atoms with van der Waals surface area (Å²) in [6, 6.07) is 6.17. The molecule has 3 aliphatic rings. The van der Waals surface area contributed by atoms with Gasteiger partial charge in [0.05, 0.1) is 0 Å². The van der Waals surface area contributed by atoms with E-state index in [2.05, 4.69) is 16.3 Å². The van der Waals surface area contributed by atoms with Crippen molar-refractivity contribution in [1.82, 2.24) is 4.90 Å². The van der Waals surface area contributed by atoms with E-state index in [4.69, 9.17) is 0 Å². The van der Waals surface area contributed by atoms with Crippen LogP contribution in [0.15, 0.2) is 18.2 Å². The van der Waals surface area contributed by atoms with Crippen LogP contribution in [-0.4, -0.2) is 30.4 Å². The molecule has 21 heavy (non-hydrogen) atoms. The van der Waals surface area contributed by atoms with Crippen molar-refractivity contribution in [2.24, 2.45) is 5.41 Å². The molecule has 1 aliphatic carbocycles. The van der Waals surface area contributed by atoms with Crippen LogP contribution in [0.25, 0.3) is 0 Å². The number of nitrogens with one attached hydrogen (secondary N) is 1. The fourth-order valence-electron chi connectivity index (χ4n) is 4.42. The number of benzene rings is 1. The highest BCUT2D eigenvalue weighted by Gasteiger charge is 2.38. The third-order valence-corrected chi connectivity index (χ3v) is 5.84. The number of anilines is 1. The molecule has 112 valence electrons. The molecule has 1 amide bonds. The quantitative estimate of drug-likeness (QED) is 0.856. The predicted octanol–water partition coefficient (Wildman–Crippen LogP) is 3.45. The maximum atomic E-state index is 12.7. The lowest BCUT2D eigenvalue weighted by Crippen LogP contribution is -2.42. The number of fused-ring (bicyclic) bond motifs is 1. The number of carbonyl (C=O) groups is 1. The van der Waals surface area contributed by atoms with Gasteiger partial charge in [0.15, 0.2) is 0 Å². The molecule has 1 N–H and O–H groups in total. The van der Waals surface area contributed by atoms with E-state index >= 15 is 0 Å². The van der Waals surface area contributed by atoms with Crippen LogP contribution >= 0.6 is 0 Å². The lowest BCUT2D eigenvalue weighted by atomic mass is 9.77. The van der Waals surface area contributed by atoms with E-state index in [9.17, 15) is 4.79 Å². The van der Waals surface area contributed by atoms with Crippen LogP contribution < -0.4 is 5.32 Å². The summed E-state index contributed by atoms with van der Waals surface area (Å²) in [5.41, 5.74) is 3.93. The normalized spacial score (nSPS) is 23.1. The molecule has 1 aromatic carbocycles. The Kier molecular flexibility index (Phi) is 3.16. The Labute approximate surface area is 126 Å². The fraction of sp³-hybridized carbons (Fsp3) is 0.611. The SMILES string of the molecule is O=C(c1ccc2c(c1)NCC2)N1CCC2(CCCC2)CC1. The average Bonchev–Trinajstić information content (AvgIpc) is 3.16. The summed E-state index contributed by atoms with van der Waals surface area (Å²) in [6.07, 6.45) is 9.06. The van der Waals surface area contributed by atoms with Crippen molar-refractivity contribution in [3.8, 4) is 0 Å². The second-order valence-electron chi connectivity index (χ2n) is 7.05. The third-order valence-electron chi connectivity index (χ3n) is 5.84. The first-order valence-corrected chi connectivity index (χ1v) is 8.42. The Hall–Kier alpha value is -1.51. The molecule has 4 rings (SSSR count). The van der Waals surface area contributed by atoms with Gasteiger partial charge in [0.2, 0.25) is 0 Å². The Morgan fingerprint density at radius 2 is 1.86 bits per heavy atom. The minimum atomic E-state index is 0.222. The van der Waals surface area contributed by atoms with Gasteiger partial charge in [-0.05, 0) is 55.2 Å². The number of amides is 1. The van der Waals surface area contributed by atoms with Gasteiger partial charge in [0, 0.05) is 30.9 Å². The van der Waals surface area contributed by atoms with Crippen molar-refractivity contribution in [3.05, 3.63) is 29.3 Å². The van der Waals surface area contributed by atoms with Crippen LogP contribution in [0.5, 0.6) is 0 Å². The predicted molar refractivity (Wildman–Crippen MR) is 84.7 cm³/mol. The molecule has 1 saturated heterocycles. The minimum Gasteiger partial charge on any atom is -0.384 e. The smallest absolute Gasteiger partial charge is 0.253 e. The first kappa shape index (κ1) is 13.2. The van der Waals surface area contributed by atoms with E-state index in [1.54, 1.807) is 0 Å². The molecule has 0 unspecified atom stereocenters. The molecule has 1 spiro atoms. The maximum Gasteiger partial charge on any atom is 0.253 e. The molecule has 1 saturated carbocycles. The summed E-state index contributed by atoms with van der Waals surface area (Å²) in [7, 11) is 0. The fourth-order valence-corrected chi connectivity index (χ4v) is 4.42. The van der Waals surface area contributed by atoms with E-state index in [1.807, 2.05) is 12.1 Å². The van der Waals surface area contributed by atoms with Gasteiger partial charge in [-0.2, -0.15) is 0 Å². The van der Waals surface area contributed by atoms with Gasteiger partial charge in [-0.3, -0.25) is 4.79 Å². The largest absolute Gasteiger partial charge is 0.384 e. The van der Waals surface area contributed by atoms with Crippen LogP contribution in [0.1, 0.15) is 54.4 Å². The summed E-state index contributed by atoms with van der Waals surface area (Å²) < 4.78 is 0. The second-order valence-corrected chi connectivity index (χ2v) is 7.05. The van der Waals surface area contributed by atoms with Crippen LogP contribution in [0.2, 0.25) is 0 Å². The first-order chi connectivity index (χ1) is 10.3. The molecule has 0 radical (unpaired) electrons. The molecule has 2 aliphatic heterocycles. The summed E-state index contributed by atoms with van der Waals surface area (Å²) >= 11 is 0. The highest BCUT2D eigenvalue weighted by Crippen LogP contribution is 2.46. The Balaban J connectivity index is 1.46. The number of nitrogens with zero attached hydrogens (tertiary/aromatic N) is 1. The summed E-state index contributed by atoms with van der Waals surface area (Å²) in [6.45, 7) is 2.89. The van der Waals surface area contributed by atoms with Crippen LogP contribution in [-0.2, 0) is 6.42 Å². The topological polar surface area (TPSA) is 32.3 Å². The van der Waals surface area contributed by atoms with E-state index in [1.165, 1.54) is 44.1 Å². The first-order valence-electron chi connectivity index (χ1n) is 8.42. The van der Waals surface area contributed by atoms with Crippen LogP contribution in [0, 0.1) is 5.41 Å². The van der Waals surface area contributed by atoms with Gasteiger partial charge < -0.3 is 10.2 Å². The lowest BCUT2D eigenvalue weighted by molar-refractivity contribution is 0.0587. The van der Waals surface area contributed by atoms with Crippen molar-refractivity contribution in [2.75, 3.05) is 25.0 Å². The zero-order valence-corrected chi connectivity index (χ0v) is 12.7. The van der Waals surface area contributed by atoms with Crippen molar-refractivity contribution < 1.29 is 4.79 Å². The van der Waals surface area contributed by atoms with Gasteiger partial charge in [0.1, 0.15) is 0 Å². The van der Waals surface area contributed by atoms with Crippen LogP contribution in [0.3, 0.4) is 0 Å². The lowest BCUT2D eigenvalue weighted by Gasteiger charge is -2.39.